The molecule has 0 saturated carbocycles. The van der Waals surface area contributed by atoms with E-state index in [1.54, 1.807) is 7.11 Å². The van der Waals surface area contributed by atoms with Gasteiger partial charge in [-0.1, -0.05) is 12.1 Å². The van der Waals surface area contributed by atoms with Crippen molar-refractivity contribution in [1.29, 1.82) is 0 Å². The van der Waals surface area contributed by atoms with Crippen LogP contribution < -0.4 is 10.1 Å². The van der Waals surface area contributed by atoms with E-state index < -0.39 is 6.10 Å². The van der Waals surface area contributed by atoms with Gasteiger partial charge in [-0.2, -0.15) is 0 Å². The summed E-state index contributed by atoms with van der Waals surface area (Å²) in [7, 11) is 1.64. The quantitative estimate of drug-likeness (QED) is 0.801. The predicted molar refractivity (Wildman–Crippen MR) is 69.7 cm³/mol. The minimum absolute atomic E-state index is 0.474. The Kier molecular flexibility index (Phi) is 4.99. The highest BCUT2D eigenvalue weighted by molar-refractivity contribution is 5.28. The Morgan fingerprint density at radius 1 is 1.44 bits per heavy atom. The molecular weight excluding hydrogens is 230 g/mol. The summed E-state index contributed by atoms with van der Waals surface area (Å²) >= 11 is 0. The van der Waals surface area contributed by atoms with Crippen molar-refractivity contribution in [2.75, 3.05) is 33.4 Å². The molecule has 2 atom stereocenters. The van der Waals surface area contributed by atoms with Crippen LogP contribution in [-0.2, 0) is 4.74 Å². The minimum atomic E-state index is -0.474. The molecule has 1 aromatic rings. The van der Waals surface area contributed by atoms with Crippen molar-refractivity contribution >= 4 is 0 Å². The van der Waals surface area contributed by atoms with Gasteiger partial charge in [-0.15, -0.1) is 0 Å². The number of hydrogen-bond acceptors (Lipinski definition) is 4. The van der Waals surface area contributed by atoms with E-state index in [0.29, 0.717) is 12.5 Å². The standard InChI is InChI=1S/C14H21NO3/c1-17-13-4-2-12(3-5-13)14(16)9-15-8-11-6-7-18-10-11/h2-5,11,14-16H,6-10H2,1H3. The molecule has 0 aromatic heterocycles. The molecule has 2 N–H and O–H groups in total. The first-order valence-electron chi connectivity index (χ1n) is 6.40. The zero-order chi connectivity index (χ0) is 12.8. The first kappa shape index (κ1) is 13.3. The summed E-state index contributed by atoms with van der Waals surface area (Å²) in [6.07, 6.45) is 0.643. The normalized spacial score (nSPS) is 20.9. The van der Waals surface area contributed by atoms with Crippen LogP contribution in [-0.4, -0.2) is 38.5 Å². The van der Waals surface area contributed by atoms with E-state index in [1.165, 1.54) is 0 Å². The Labute approximate surface area is 108 Å². The van der Waals surface area contributed by atoms with Gasteiger partial charge in [0.1, 0.15) is 5.75 Å². The molecule has 1 aliphatic rings. The maximum absolute atomic E-state index is 10.0. The van der Waals surface area contributed by atoms with Crippen LogP contribution >= 0.6 is 0 Å². The van der Waals surface area contributed by atoms with E-state index in [4.69, 9.17) is 9.47 Å². The topological polar surface area (TPSA) is 50.7 Å². The number of ether oxygens (including phenoxy) is 2. The average Bonchev–Trinajstić information content (AvgIpc) is 2.92. The Balaban J connectivity index is 1.74. The number of benzene rings is 1. The smallest absolute Gasteiger partial charge is 0.118 e. The van der Waals surface area contributed by atoms with Crippen LogP contribution in [0, 0.1) is 5.92 Å². The molecule has 0 aliphatic carbocycles. The lowest BCUT2D eigenvalue weighted by atomic mass is 10.1. The zero-order valence-electron chi connectivity index (χ0n) is 10.8. The summed E-state index contributed by atoms with van der Waals surface area (Å²) < 4.78 is 10.4. The molecule has 0 radical (unpaired) electrons. The fourth-order valence-electron chi connectivity index (χ4n) is 2.11. The lowest BCUT2D eigenvalue weighted by Crippen LogP contribution is -2.27. The van der Waals surface area contributed by atoms with Crippen molar-refractivity contribution in [2.24, 2.45) is 5.92 Å². The van der Waals surface area contributed by atoms with Crippen LogP contribution in [0.2, 0.25) is 0 Å². The number of hydrogen-bond donors (Lipinski definition) is 2. The summed E-state index contributed by atoms with van der Waals surface area (Å²) in [6, 6.07) is 7.51. The maximum atomic E-state index is 10.0. The molecule has 1 heterocycles. The molecule has 0 spiro atoms. The Morgan fingerprint density at radius 2 is 2.22 bits per heavy atom. The number of aliphatic hydroxyl groups excluding tert-OH is 1. The van der Waals surface area contributed by atoms with Crippen LogP contribution in [0.5, 0.6) is 5.75 Å². The van der Waals surface area contributed by atoms with Gasteiger partial charge in [-0.25, -0.2) is 0 Å². The number of aliphatic hydroxyl groups is 1. The average molecular weight is 251 g/mol. The van der Waals surface area contributed by atoms with Gasteiger partial charge in [0.15, 0.2) is 0 Å². The van der Waals surface area contributed by atoms with Crippen LogP contribution in [0.3, 0.4) is 0 Å². The first-order chi connectivity index (χ1) is 8.79. The van der Waals surface area contributed by atoms with Crippen molar-refractivity contribution in [3.63, 3.8) is 0 Å². The second-order valence-corrected chi connectivity index (χ2v) is 4.68. The molecule has 0 amide bonds. The number of nitrogens with one attached hydrogen (secondary N) is 1. The third kappa shape index (κ3) is 3.70. The Morgan fingerprint density at radius 3 is 2.83 bits per heavy atom. The van der Waals surface area contributed by atoms with Crippen LogP contribution in [0.25, 0.3) is 0 Å². The van der Waals surface area contributed by atoms with Gasteiger partial charge in [0.25, 0.3) is 0 Å². The molecule has 100 valence electrons. The molecule has 18 heavy (non-hydrogen) atoms. The summed E-state index contributed by atoms with van der Waals surface area (Å²) in [6.45, 7) is 3.19. The lowest BCUT2D eigenvalue weighted by molar-refractivity contribution is 0.166. The zero-order valence-corrected chi connectivity index (χ0v) is 10.8. The van der Waals surface area contributed by atoms with Gasteiger partial charge < -0.3 is 19.9 Å². The molecule has 1 saturated heterocycles. The van der Waals surface area contributed by atoms with E-state index >= 15 is 0 Å². The van der Waals surface area contributed by atoms with Crippen LogP contribution in [0.15, 0.2) is 24.3 Å². The molecule has 1 fully saturated rings. The van der Waals surface area contributed by atoms with Gasteiger partial charge in [0.2, 0.25) is 0 Å². The second kappa shape index (κ2) is 6.73. The van der Waals surface area contributed by atoms with E-state index in [0.717, 1.165) is 37.5 Å². The molecular formula is C14H21NO3. The summed E-state index contributed by atoms with van der Waals surface area (Å²) in [5.74, 6) is 1.40. The van der Waals surface area contributed by atoms with Gasteiger partial charge in [-0.05, 0) is 30.0 Å². The monoisotopic (exact) mass is 251 g/mol. The summed E-state index contributed by atoms with van der Waals surface area (Å²) in [5, 5.41) is 13.3. The fourth-order valence-corrected chi connectivity index (χ4v) is 2.11. The van der Waals surface area contributed by atoms with Crippen LogP contribution in [0.4, 0.5) is 0 Å². The van der Waals surface area contributed by atoms with Crippen molar-refractivity contribution in [2.45, 2.75) is 12.5 Å². The minimum Gasteiger partial charge on any atom is -0.497 e. The van der Waals surface area contributed by atoms with E-state index in [1.807, 2.05) is 24.3 Å². The molecule has 2 rings (SSSR count). The lowest BCUT2D eigenvalue weighted by Gasteiger charge is -2.14. The summed E-state index contributed by atoms with van der Waals surface area (Å²) in [5.41, 5.74) is 0.908. The Bertz CT molecular complexity index is 347. The number of rotatable bonds is 6. The second-order valence-electron chi connectivity index (χ2n) is 4.68. The fraction of sp³-hybridized carbons (Fsp3) is 0.571. The predicted octanol–water partition coefficient (Wildman–Crippen LogP) is 1.35. The molecule has 1 aromatic carbocycles. The molecule has 1 aliphatic heterocycles. The van der Waals surface area contributed by atoms with Crippen molar-refractivity contribution in [1.82, 2.24) is 5.32 Å². The first-order valence-corrected chi connectivity index (χ1v) is 6.40. The van der Waals surface area contributed by atoms with Gasteiger partial charge >= 0.3 is 0 Å². The highest BCUT2D eigenvalue weighted by Gasteiger charge is 2.15. The van der Waals surface area contributed by atoms with Crippen molar-refractivity contribution < 1.29 is 14.6 Å². The van der Waals surface area contributed by atoms with E-state index in [2.05, 4.69) is 5.32 Å². The van der Waals surface area contributed by atoms with E-state index in [-0.39, 0.29) is 0 Å². The molecule has 0 bridgehead atoms. The third-order valence-corrected chi connectivity index (χ3v) is 3.30. The van der Waals surface area contributed by atoms with Gasteiger partial charge in [-0.3, -0.25) is 0 Å². The van der Waals surface area contributed by atoms with E-state index in [9.17, 15) is 5.11 Å². The molecule has 4 heteroatoms. The summed E-state index contributed by atoms with van der Waals surface area (Å²) in [4.78, 5) is 0. The molecule has 4 nitrogen and oxygen atoms in total. The third-order valence-electron chi connectivity index (χ3n) is 3.30. The SMILES string of the molecule is COc1ccc(C(O)CNCC2CCOC2)cc1. The maximum Gasteiger partial charge on any atom is 0.118 e. The van der Waals surface area contributed by atoms with Crippen LogP contribution in [0.1, 0.15) is 18.1 Å². The number of methoxy groups -OCH3 is 1. The highest BCUT2D eigenvalue weighted by atomic mass is 16.5. The van der Waals surface area contributed by atoms with Crippen molar-refractivity contribution in [3.05, 3.63) is 29.8 Å². The van der Waals surface area contributed by atoms with Crippen molar-refractivity contribution in [3.8, 4) is 5.75 Å². The van der Waals surface area contributed by atoms with Gasteiger partial charge in [0, 0.05) is 19.7 Å². The van der Waals surface area contributed by atoms with Gasteiger partial charge in [0.05, 0.1) is 19.8 Å². The molecule has 2 unspecified atom stereocenters. The highest BCUT2D eigenvalue weighted by Crippen LogP contribution is 2.17. The Hall–Kier alpha value is -1.10. The largest absolute Gasteiger partial charge is 0.497 e.